The number of ether oxygens (including phenoxy) is 1. The first-order valence-electron chi connectivity index (χ1n) is 8.88. The molecule has 0 atom stereocenters. The molecule has 2 aromatic heterocycles. The molecule has 0 aliphatic carbocycles. The molecule has 0 saturated carbocycles. The van der Waals surface area contributed by atoms with E-state index in [-0.39, 0.29) is 5.91 Å². The van der Waals surface area contributed by atoms with Gasteiger partial charge in [-0.15, -0.1) is 11.3 Å². The molecule has 2 heterocycles. The fourth-order valence-electron chi connectivity index (χ4n) is 2.78. The molecule has 4 aromatic rings. The van der Waals surface area contributed by atoms with Gasteiger partial charge in [0, 0.05) is 12.7 Å². The van der Waals surface area contributed by atoms with E-state index in [2.05, 4.69) is 10.3 Å². The minimum atomic E-state index is -0.180. The second-order valence-corrected chi connectivity index (χ2v) is 7.07. The summed E-state index contributed by atoms with van der Waals surface area (Å²) in [5.41, 5.74) is 2.40. The largest absolute Gasteiger partial charge is 0.457 e. The summed E-state index contributed by atoms with van der Waals surface area (Å²) in [6.07, 6.45) is 1.77. The van der Waals surface area contributed by atoms with Crippen molar-refractivity contribution in [2.75, 3.05) is 0 Å². The van der Waals surface area contributed by atoms with Gasteiger partial charge in [-0.1, -0.05) is 36.4 Å². The van der Waals surface area contributed by atoms with Crippen molar-refractivity contribution in [2.45, 2.75) is 6.54 Å². The van der Waals surface area contributed by atoms with Crippen LogP contribution in [-0.4, -0.2) is 10.9 Å². The highest BCUT2D eigenvalue weighted by molar-refractivity contribution is 7.13. The van der Waals surface area contributed by atoms with E-state index in [0.717, 1.165) is 16.1 Å². The molecule has 1 N–H and O–H groups in total. The molecule has 0 saturated heterocycles. The molecule has 4 nitrogen and oxygen atoms in total. The first-order valence-corrected chi connectivity index (χ1v) is 9.76. The molecule has 1 amide bonds. The molecular formula is C23H18N2O2S. The zero-order valence-corrected chi connectivity index (χ0v) is 15.9. The third-order valence-corrected chi connectivity index (χ3v) is 5.05. The molecule has 4 rings (SSSR count). The quantitative estimate of drug-likeness (QED) is 0.474. The van der Waals surface area contributed by atoms with Crippen LogP contribution in [0.5, 0.6) is 11.5 Å². The average Bonchev–Trinajstić information content (AvgIpc) is 3.28. The first kappa shape index (κ1) is 17.9. The fraction of sp³-hybridized carbons (Fsp3) is 0.0435. The number of nitrogens with zero attached hydrogens (tertiary/aromatic N) is 1. The number of rotatable bonds is 6. The summed E-state index contributed by atoms with van der Waals surface area (Å²) in [6.45, 7) is 0.416. The Labute approximate surface area is 167 Å². The van der Waals surface area contributed by atoms with Crippen molar-refractivity contribution in [3.8, 4) is 22.1 Å². The van der Waals surface area contributed by atoms with E-state index < -0.39 is 0 Å². The lowest BCUT2D eigenvalue weighted by Crippen LogP contribution is -2.23. The summed E-state index contributed by atoms with van der Waals surface area (Å²) in [5.74, 6) is 1.04. The van der Waals surface area contributed by atoms with Gasteiger partial charge in [0.1, 0.15) is 11.5 Å². The second-order valence-electron chi connectivity index (χ2n) is 6.12. The van der Waals surface area contributed by atoms with Crippen LogP contribution < -0.4 is 10.1 Å². The number of para-hydroxylation sites is 2. The maximum absolute atomic E-state index is 12.7. The summed E-state index contributed by atoms with van der Waals surface area (Å²) in [7, 11) is 0. The highest BCUT2D eigenvalue weighted by atomic mass is 32.1. The number of carbonyl (C=O) groups excluding carboxylic acids is 1. The highest BCUT2D eigenvalue weighted by Gasteiger charge is 2.13. The van der Waals surface area contributed by atoms with Gasteiger partial charge in [-0.2, -0.15) is 0 Å². The van der Waals surface area contributed by atoms with E-state index in [1.165, 1.54) is 0 Å². The number of pyridine rings is 1. The molecule has 0 fully saturated rings. The lowest BCUT2D eigenvalue weighted by molar-refractivity contribution is 0.0948. The molecular weight excluding hydrogens is 368 g/mol. The van der Waals surface area contributed by atoms with Gasteiger partial charge >= 0.3 is 0 Å². The van der Waals surface area contributed by atoms with Gasteiger partial charge in [0.25, 0.3) is 5.91 Å². The Hall–Kier alpha value is -3.44. The van der Waals surface area contributed by atoms with Gasteiger partial charge in [0.2, 0.25) is 0 Å². The number of benzene rings is 2. The van der Waals surface area contributed by atoms with Gasteiger partial charge in [0.15, 0.2) is 0 Å². The Balaban J connectivity index is 1.47. The zero-order valence-electron chi connectivity index (χ0n) is 15.0. The van der Waals surface area contributed by atoms with Crippen molar-refractivity contribution in [3.05, 3.63) is 102 Å². The third-order valence-electron chi connectivity index (χ3n) is 4.15. The SMILES string of the molecule is O=C(NCc1ccnc(-c2cccs2)c1)c1ccccc1Oc1ccccc1. The molecule has 0 radical (unpaired) electrons. The monoisotopic (exact) mass is 386 g/mol. The number of carbonyl (C=O) groups is 1. The van der Waals surface area contributed by atoms with Crippen LogP contribution in [0.15, 0.2) is 90.4 Å². The third kappa shape index (κ3) is 4.27. The van der Waals surface area contributed by atoms with Crippen LogP contribution in [0.3, 0.4) is 0 Å². The molecule has 0 bridgehead atoms. The minimum absolute atomic E-state index is 0.180. The number of hydrogen-bond donors (Lipinski definition) is 1. The van der Waals surface area contributed by atoms with Crippen molar-refractivity contribution >= 4 is 17.2 Å². The van der Waals surface area contributed by atoms with Crippen LogP contribution in [0, 0.1) is 0 Å². The standard InChI is InChI=1S/C23H18N2O2S/c26-23(19-9-4-5-10-21(19)27-18-7-2-1-3-8-18)25-16-17-12-13-24-20(15-17)22-11-6-14-28-22/h1-15H,16H2,(H,25,26). The second kappa shape index (κ2) is 8.50. The van der Waals surface area contributed by atoms with Crippen molar-refractivity contribution in [1.82, 2.24) is 10.3 Å². The maximum Gasteiger partial charge on any atom is 0.255 e. The molecule has 0 aliphatic rings. The van der Waals surface area contributed by atoms with E-state index in [0.29, 0.717) is 23.6 Å². The number of thiophene rings is 1. The topological polar surface area (TPSA) is 51.2 Å². The van der Waals surface area contributed by atoms with Crippen molar-refractivity contribution < 1.29 is 9.53 Å². The molecule has 0 spiro atoms. The summed E-state index contributed by atoms with van der Waals surface area (Å²) >= 11 is 1.64. The van der Waals surface area contributed by atoms with Crippen LogP contribution in [0.2, 0.25) is 0 Å². The highest BCUT2D eigenvalue weighted by Crippen LogP contribution is 2.25. The van der Waals surface area contributed by atoms with E-state index in [4.69, 9.17) is 4.74 Å². The van der Waals surface area contributed by atoms with Gasteiger partial charge in [-0.05, 0) is 53.4 Å². The Morgan fingerprint density at radius 2 is 1.79 bits per heavy atom. The molecule has 138 valence electrons. The number of hydrogen-bond acceptors (Lipinski definition) is 4. The predicted molar refractivity (Wildman–Crippen MR) is 112 cm³/mol. The first-order chi connectivity index (χ1) is 13.8. The number of aromatic nitrogens is 1. The molecule has 0 unspecified atom stereocenters. The van der Waals surface area contributed by atoms with Gasteiger partial charge in [-0.3, -0.25) is 9.78 Å². The smallest absolute Gasteiger partial charge is 0.255 e. The fourth-order valence-corrected chi connectivity index (χ4v) is 3.47. The Morgan fingerprint density at radius 1 is 0.964 bits per heavy atom. The van der Waals surface area contributed by atoms with Crippen molar-refractivity contribution in [1.29, 1.82) is 0 Å². The van der Waals surface area contributed by atoms with Crippen LogP contribution >= 0.6 is 11.3 Å². The van der Waals surface area contributed by atoms with Gasteiger partial charge in [-0.25, -0.2) is 0 Å². The summed E-state index contributed by atoms with van der Waals surface area (Å²) in [5, 5.41) is 4.99. The predicted octanol–water partition coefficient (Wildman–Crippen LogP) is 5.53. The Kier molecular flexibility index (Phi) is 5.45. The average molecular weight is 386 g/mol. The molecule has 28 heavy (non-hydrogen) atoms. The minimum Gasteiger partial charge on any atom is -0.457 e. The number of amides is 1. The van der Waals surface area contributed by atoms with Gasteiger partial charge in [0.05, 0.1) is 16.1 Å². The Bertz CT molecular complexity index is 1060. The Morgan fingerprint density at radius 3 is 2.61 bits per heavy atom. The summed E-state index contributed by atoms with van der Waals surface area (Å²) in [6, 6.07) is 24.6. The summed E-state index contributed by atoms with van der Waals surface area (Å²) in [4.78, 5) is 18.3. The number of nitrogens with one attached hydrogen (secondary N) is 1. The van der Waals surface area contributed by atoms with E-state index in [9.17, 15) is 4.79 Å². The van der Waals surface area contributed by atoms with E-state index >= 15 is 0 Å². The van der Waals surface area contributed by atoms with Crippen LogP contribution in [-0.2, 0) is 6.54 Å². The summed E-state index contributed by atoms with van der Waals surface area (Å²) < 4.78 is 5.88. The van der Waals surface area contributed by atoms with E-state index in [1.54, 1.807) is 29.7 Å². The van der Waals surface area contributed by atoms with Crippen molar-refractivity contribution in [2.24, 2.45) is 0 Å². The maximum atomic E-state index is 12.7. The van der Waals surface area contributed by atoms with E-state index in [1.807, 2.05) is 72.1 Å². The molecule has 5 heteroatoms. The lowest BCUT2D eigenvalue weighted by atomic mass is 10.1. The van der Waals surface area contributed by atoms with Crippen LogP contribution in [0.1, 0.15) is 15.9 Å². The lowest BCUT2D eigenvalue weighted by Gasteiger charge is -2.11. The molecule has 2 aromatic carbocycles. The normalized spacial score (nSPS) is 10.4. The zero-order chi connectivity index (χ0) is 19.2. The van der Waals surface area contributed by atoms with Gasteiger partial charge < -0.3 is 10.1 Å². The molecule has 0 aliphatic heterocycles. The van der Waals surface area contributed by atoms with Crippen LogP contribution in [0.25, 0.3) is 10.6 Å². The van der Waals surface area contributed by atoms with Crippen LogP contribution in [0.4, 0.5) is 0 Å². The van der Waals surface area contributed by atoms with Crippen molar-refractivity contribution in [3.63, 3.8) is 0 Å².